The molecule has 0 spiro atoms. The molecule has 0 atom stereocenters. The Morgan fingerprint density at radius 3 is 2.73 bits per heavy atom. The van der Waals surface area contributed by atoms with Crippen molar-refractivity contribution in [3.8, 4) is 16.6 Å². The molecular weight excluding hydrogens is 486 g/mol. The number of nitrogens with zero attached hydrogens (tertiary/aromatic N) is 6. The van der Waals surface area contributed by atoms with E-state index >= 15 is 0 Å². The fourth-order valence-corrected chi connectivity index (χ4v) is 5.56. The number of H-pyrrole nitrogens is 1. The molecule has 10 heteroatoms. The van der Waals surface area contributed by atoms with Gasteiger partial charge in [0.05, 0.1) is 23.9 Å². The summed E-state index contributed by atoms with van der Waals surface area (Å²) >= 11 is 1.31. The van der Waals surface area contributed by atoms with Crippen molar-refractivity contribution in [2.45, 2.75) is 26.7 Å². The minimum absolute atomic E-state index is 0.338. The Balaban J connectivity index is 1.12. The van der Waals surface area contributed by atoms with Crippen LogP contribution in [0.2, 0.25) is 0 Å². The topological polar surface area (TPSA) is 111 Å². The largest absolute Gasteiger partial charge is 0.462 e. The van der Waals surface area contributed by atoms with E-state index in [1.165, 1.54) is 16.9 Å². The van der Waals surface area contributed by atoms with Crippen LogP contribution in [0, 0.1) is 18.3 Å². The summed E-state index contributed by atoms with van der Waals surface area (Å²) < 4.78 is 5.11. The molecule has 1 aliphatic heterocycles. The normalized spacial score (nSPS) is 14.1. The van der Waals surface area contributed by atoms with E-state index in [2.05, 4.69) is 42.0 Å². The Morgan fingerprint density at radius 1 is 1.22 bits per heavy atom. The van der Waals surface area contributed by atoms with Crippen LogP contribution < -0.4 is 4.90 Å². The Bertz CT molecular complexity index is 1430. The van der Waals surface area contributed by atoms with Crippen molar-refractivity contribution in [3.05, 3.63) is 58.5 Å². The molecule has 1 saturated heterocycles. The number of anilines is 1. The summed E-state index contributed by atoms with van der Waals surface area (Å²) in [5.74, 6) is 0.378. The third-order valence-electron chi connectivity index (χ3n) is 6.61. The van der Waals surface area contributed by atoms with Gasteiger partial charge in [-0.05, 0) is 57.0 Å². The van der Waals surface area contributed by atoms with Crippen LogP contribution in [0.1, 0.15) is 39.8 Å². The van der Waals surface area contributed by atoms with Gasteiger partial charge in [-0.25, -0.2) is 19.7 Å². The zero-order valence-electron chi connectivity index (χ0n) is 21.0. The van der Waals surface area contributed by atoms with E-state index in [0.717, 1.165) is 73.0 Å². The first-order valence-electron chi connectivity index (χ1n) is 12.5. The highest BCUT2D eigenvalue weighted by Gasteiger charge is 2.21. The van der Waals surface area contributed by atoms with Crippen molar-refractivity contribution in [3.63, 3.8) is 0 Å². The smallest absolute Gasteiger partial charge is 0.350 e. The third kappa shape index (κ3) is 5.48. The first kappa shape index (κ1) is 24.9. The SMILES string of the molecule is CCOC(=O)c1sc(-c2cnc(N3CCN(CCCc4c[nH]c5ccc(C#N)cc45)CC3)nc2)nc1C. The van der Waals surface area contributed by atoms with Crippen molar-refractivity contribution in [2.75, 3.05) is 44.2 Å². The second kappa shape index (κ2) is 11.1. The number of nitrogens with one attached hydrogen (secondary N) is 1. The number of piperazine rings is 1. The van der Waals surface area contributed by atoms with Gasteiger partial charge in [0.25, 0.3) is 0 Å². The average Bonchev–Trinajstić information content (AvgIpc) is 3.52. The number of fused-ring (bicyclic) bond motifs is 1. The molecule has 1 N–H and O–H groups in total. The van der Waals surface area contributed by atoms with Crippen LogP contribution in [0.3, 0.4) is 0 Å². The Kier molecular flexibility index (Phi) is 7.44. The molecule has 0 amide bonds. The number of hydrogen-bond acceptors (Lipinski definition) is 9. The Hall–Kier alpha value is -3.81. The Labute approximate surface area is 219 Å². The number of ether oxygens (including phenoxy) is 1. The number of aromatic amines is 1. The summed E-state index contributed by atoms with van der Waals surface area (Å²) in [4.78, 5) is 34.3. The average molecular weight is 516 g/mol. The number of rotatable bonds is 8. The molecule has 0 bridgehead atoms. The van der Waals surface area contributed by atoms with Gasteiger partial charge in [-0.2, -0.15) is 5.26 Å². The number of aryl methyl sites for hydroxylation is 2. The van der Waals surface area contributed by atoms with Crippen molar-refractivity contribution >= 4 is 34.2 Å². The molecule has 9 nitrogen and oxygen atoms in total. The van der Waals surface area contributed by atoms with Crippen molar-refractivity contribution in [2.24, 2.45) is 0 Å². The van der Waals surface area contributed by atoms with Crippen molar-refractivity contribution in [1.29, 1.82) is 5.26 Å². The molecule has 190 valence electrons. The number of nitriles is 1. The maximum absolute atomic E-state index is 12.1. The number of benzene rings is 1. The summed E-state index contributed by atoms with van der Waals surface area (Å²) in [6.07, 6.45) is 7.67. The van der Waals surface area contributed by atoms with Crippen LogP contribution in [-0.2, 0) is 11.2 Å². The molecule has 4 aromatic rings. The molecular formula is C27H29N7O2S. The van der Waals surface area contributed by atoms with Crippen molar-refractivity contribution < 1.29 is 9.53 Å². The molecule has 5 rings (SSSR count). The summed E-state index contributed by atoms with van der Waals surface area (Å²) in [7, 11) is 0. The first-order valence-corrected chi connectivity index (χ1v) is 13.3. The summed E-state index contributed by atoms with van der Waals surface area (Å²) in [6, 6.07) is 8.02. The maximum atomic E-state index is 12.1. The van der Waals surface area contributed by atoms with E-state index in [9.17, 15) is 10.1 Å². The summed E-state index contributed by atoms with van der Waals surface area (Å²) in [5.41, 5.74) is 4.51. The summed E-state index contributed by atoms with van der Waals surface area (Å²) in [5, 5.41) is 11.1. The minimum Gasteiger partial charge on any atom is -0.462 e. The molecule has 37 heavy (non-hydrogen) atoms. The van der Waals surface area contributed by atoms with Gasteiger partial charge < -0.3 is 14.6 Å². The second-order valence-corrected chi connectivity index (χ2v) is 10.0. The standard InChI is InChI=1S/C27H29N7O2S/c1-3-36-26(35)24-18(2)32-25(37-24)21-16-30-27(31-17-21)34-11-9-33(10-12-34)8-4-5-20-15-29-23-7-6-19(14-28)13-22(20)23/h6-7,13,15-17,29H,3-5,8-12H2,1-2H3. The zero-order valence-corrected chi connectivity index (χ0v) is 21.8. The van der Waals surface area contributed by atoms with E-state index in [1.807, 2.05) is 25.1 Å². The number of aromatic nitrogens is 4. The predicted octanol–water partition coefficient (Wildman–Crippen LogP) is 4.19. The lowest BCUT2D eigenvalue weighted by molar-refractivity contribution is 0.0531. The molecule has 0 radical (unpaired) electrons. The van der Waals surface area contributed by atoms with Crippen LogP contribution >= 0.6 is 11.3 Å². The lowest BCUT2D eigenvalue weighted by Crippen LogP contribution is -2.47. The van der Waals surface area contributed by atoms with Crippen molar-refractivity contribution in [1.82, 2.24) is 24.8 Å². The molecule has 0 aliphatic carbocycles. The van der Waals surface area contributed by atoms with Gasteiger partial charge in [-0.15, -0.1) is 11.3 Å². The lowest BCUT2D eigenvalue weighted by Gasteiger charge is -2.34. The number of carbonyl (C=O) groups excluding carboxylic acids is 1. The van der Waals surface area contributed by atoms with Gasteiger partial charge in [0.2, 0.25) is 5.95 Å². The molecule has 3 aromatic heterocycles. The highest BCUT2D eigenvalue weighted by atomic mass is 32.1. The maximum Gasteiger partial charge on any atom is 0.350 e. The predicted molar refractivity (Wildman–Crippen MR) is 144 cm³/mol. The highest BCUT2D eigenvalue weighted by Crippen LogP contribution is 2.28. The molecule has 1 aromatic carbocycles. The number of esters is 1. The minimum atomic E-state index is -0.339. The second-order valence-electron chi connectivity index (χ2n) is 9.04. The van der Waals surface area contributed by atoms with Gasteiger partial charge in [-0.1, -0.05) is 0 Å². The highest BCUT2D eigenvalue weighted by molar-refractivity contribution is 7.17. The van der Waals surface area contributed by atoms with E-state index < -0.39 is 0 Å². The fraction of sp³-hybridized carbons (Fsp3) is 0.370. The van der Waals surface area contributed by atoms with Crippen LogP contribution in [0.4, 0.5) is 5.95 Å². The quantitative estimate of drug-likeness (QED) is 0.348. The van der Waals surface area contributed by atoms with Crippen LogP contribution in [0.15, 0.2) is 36.8 Å². The fourth-order valence-electron chi connectivity index (χ4n) is 4.62. The van der Waals surface area contributed by atoms with E-state index in [0.29, 0.717) is 22.7 Å². The molecule has 0 unspecified atom stereocenters. The first-order chi connectivity index (χ1) is 18.1. The molecule has 4 heterocycles. The number of carbonyl (C=O) groups is 1. The van der Waals surface area contributed by atoms with Gasteiger partial charge in [-0.3, -0.25) is 4.90 Å². The summed E-state index contributed by atoms with van der Waals surface area (Å²) in [6.45, 7) is 8.65. The van der Waals surface area contributed by atoms with Gasteiger partial charge in [0.1, 0.15) is 9.88 Å². The number of hydrogen-bond donors (Lipinski definition) is 1. The van der Waals surface area contributed by atoms with Gasteiger partial charge >= 0.3 is 5.97 Å². The van der Waals surface area contributed by atoms with E-state index in [4.69, 9.17) is 4.74 Å². The van der Waals surface area contributed by atoms with Gasteiger partial charge in [0.15, 0.2) is 0 Å². The third-order valence-corrected chi connectivity index (χ3v) is 7.80. The van der Waals surface area contributed by atoms with Crippen LogP contribution in [-0.4, -0.2) is 70.1 Å². The lowest BCUT2D eigenvalue weighted by atomic mass is 10.1. The molecule has 1 fully saturated rings. The zero-order chi connectivity index (χ0) is 25.8. The number of thiazole rings is 1. The molecule has 0 saturated carbocycles. The van der Waals surface area contributed by atoms with Crippen LogP contribution in [0.5, 0.6) is 0 Å². The monoisotopic (exact) mass is 515 g/mol. The Morgan fingerprint density at radius 2 is 2.00 bits per heavy atom. The van der Waals surface area contributed by atoms with E-state index in [-0.39, 0.29) is 5.97 Å². The van der Waals surface area contributed by atoms with Gasteiger partial charge in [0, 0.05) is 61.2 Å². The van der Waals surface area contributed by atoms with E-state index in [1.54, 1.807) is 19.3 Å². The molecule has 1 aliphatic rings. The van der Waals surface area contributed by atoms with Crippen LogP contribution in [0.25, 0.3) is 21.5 Å².